The molecular formula is C24H31N7O. The van der Waals surface area contributed by atoms with E-state index >= 15 is 0 Å². The summed E-state index contributed by atoms with van der Waals surface area (Å²) in [4.78, 5) is 27.0. The molecule has 2 N–H and O–H groups in total. The van der Waals surface area contributed by atoms with Crippen LogP contribution in [-0.4, -0.2) is 56.1 Å². The molecule has 2 atom stereocenters. The number of hydrogen-bond donors (Lipinski definition) is 1. The average Bonchev–Trinajstić information content (AvgIpc) is 3.37. The van der Waals surface area contributed by atoms with Gasteiger partial charge in [-0.3, -0.25) is 4.79 Å². The van der Waals surface area contributed by atoms with Crippen molar-refractivity contribution >= 4 is 17.4 Å². The Labute approximate surface area is 188 Å². The third-order valence-corrected chi connectivity index (χ3v) is 6.57. The number of rotatable bonds is 3. The number of nitrogens with zero attached hydrogens (tertiary/aromatic N) is 6. The second-order valence-corrected chi connectivity index (χ2v) is 9.30. The van der Waals surface area contributed by atoms with Crippen LogP contribution in [0.2, 0.25) is 0 Å². The summed E-state index contributed by atoms with van der Waals surface area (Å²) in [5, 5.41) is 4.84. The molecule has 2 aliphatic rings. The molecule has 8 heteroatoms. The van der Waals surface area contributed by atoms with E-state index in [4.69, 9.17) is 15.8 Å². The second-order valence-electron chi connectivity index (χ2n) is 9.30. The Hall–Kier alpha value is -3.00. The maximum absolute atomic E-state index is 13.4. The van der Waals surface area contributed by atoms with Gasteiger partial charge in [0.15, 0.2) is 5.65 Å². The molecular weight excluding hydrogens is 402 g/mol. The van der Waals surface area contributed by atoms with Crippen LogP contribution in [0.3, 0.4) is 0 Å². The lowest BCUT2D eigenvalue weighted by Crippen LogP contribution is -2.39. The van der Waals surface area contributed by atoms with Gasteiger partial charge in [0, 0.05) is 49.2 Å². The summed E-state index contributed by atoms with van der Waals surface area (Å²) in [7, 11) is 0. The Balaban J connectivity index is 1.47. The molecule has 0 saturated carbocycles. The number of aromatic nitrogens is 4. The van der Waals surface area contributed by atoms with Crippen molar-refractivity contribution in [1.29, 1.82) is 0 Å². The van der Waals surface area contributed by atoms with Gasteiger partial charge in [-0.25, -0.2) is 14.5 Å². The predicted molar refractivity (Wildman–Crippen MR) is 124 cm³/mol. The molecule has 32 heavy (non-hydrogen) atoms. The molecule has 1 amide bonds. The summed E-state index contributed by atoms with van der Waals surface area (Å²) in [6.07, 6.45) is 5.99. The standard InChI is InChI=1S/C24H31N7O/c1-15-10-17(3)26-20(11-15)24(32)30-8-5-4-6-21(30)19-12-22-27-23(16(2)13-31(22)28-19)29-9-7-18(25)14-29/h10-13,18,21H,4-9,14,25H2,1-3H3. The van der Waals surface area contributed by atoms with Crippen molar-refractivity contribution in [2.45, 2.75) is 58.5 Å². The monoisotopic (exact) mass is 433 g/mol. The zero-order valence-electron chi connectivity index (χ0n) is 19.1. The molecule has 8 nitrogen and oxygen atoms in total. The Morgan fingerprint density at radius 2 is 1.91 bits per heavy atom. The van der Waals surface area contributed by atoms with Gasteiger partial charge in [0.2, 0.25) is 0 Å². The lowest BCUT2D eigenvalue weighted by Gasteiger charge is -2.34. The van der Waals surface area contributed by atoms with Crippen molar-refractivity contribution in [2.75, 3.05) is 24.5 Å². The number of anilines is 1. The number of amides is 1. The number of likely N-dealkylation sites (tertiary alicyclic amines) is 1. The van der Waals surface area contributed by atoms with E-state index in [9.17, 15) is 4.79 Å². The predicted octanol–water partition coefficient (Wildman–Crippen LogP) is 2.95. The molecule has 168 valence electrons. The van der Waals surface area contributed by atoms with Crippen LogP contribution in [0.5, 0.6) is 0 Å². The number of fused-ring (bicyclic) bond motifs is 1. The van der Waals surface area contributed by atoms with Crippen LogP contribution in [-0.2, 0) is 0 Å². The molecule has 2 fully saturated rings. The van der Waals surface area contributed by atoms with E-state index in [-0.39, 0.29) is 18.0 Å². The third-order valence-electron chi connectivity index (χ3n) is 6.57. The minimum atomic E-state index is -0.0652. The van der Waals surface area contributed by atoms with E-state index < -0.39 is 0 Å². The van der Waals surface area contributed by atoms with Gasteiger partial charge in [0.25, 0.3) is 5.91 Å². The number of carbonyl (C=O) groups excluding carboxylic acids is 1. The van der Waals surface area contributed by atoms with Crippen LogP contribution in [0.1, 0.15) is 64.7 Å². The van der Waals surface area contributed by atoms with Crippen LogP contribution in [0.15, 0.2) is 24.4 Å². The molecule has 2 aliphatic heterocycles. The molecule has 0 aliphatic carbocycles. The highest BCUT2D eigenvalue weighted by Crippen LogP contribution is 2.32. The highest BCUT2D eigenvalue weighted by Gasteiger charge is 2.32. The van der Waals surface area contributed by atoms with Crippen LogP contribution in [0.4, 0.5) is 5.82 Å². The molecule has 5 heterocycles. The average molecular weight is 434 g/mol. The van der Waals surface area contributed by atoms with Crippen molar-refractivity contribution in [1.82, 2.24) is 24.5 Å². The summed E-state index contributed by atoms with van der Waals surface area (Å²) in [6.45, 7) is 8.47. The fraction of sp³-hybridized carbons (Fsp3) is 0.500. The first-order chi connectivity index (χ1) is 15.4. The van der Waals surface area contributed by atoms with Gasteiger partial charge in [0.05, 0.1) is 11.7 Å². The van der Waals surface area contributed by atoms with Crippen LogP contribution in [0.25, 0.3) is 5.65 Å². The number of hydrogen-bond acceptors (Lipinski definition) is 6. The first-order valence-corrected chi connectivity index (χ1v) is 11.5. The van der Waals surface area contributed by atoms with Crippen molar-refractivity contribution in [3.05, 3.63) is 52.6 Å². The van der Waals surface area contributed by atoms with Gasteiger partial charge in [-0.2, -0.15) is 5.10 Å². The largest absolute Gasteiger partial charge is 0.355 e. The van der Waals surface area contributed by atoms with Gasteiger partial charge in [-0.1, -0.05) is 0 Å². The molecule has 0 radical (unpaired) electrons. The van der Waals surface area contributed by atoms with Crippen molar-refractivity contribution in [2.24, 2.45) is 5.73 Å². The summed E-state index contributed by atoms with van der Waals surface area (Å²) in [5.41, 5.74) is 11.3. The number of aryl methyl sites for hydroxylation is 3. The van der Waals surface area contributed by atoms with E-state index in [1.54, 1.807) is 0 Å². The fourth-order valence-corrected chi connectivity index (χ4v) is 5.06. The molecule has 5 rings (SSSR count). The quantitative estimate of drug-likeness (QED) is 0.683. The Kier molecular flexibility index (Phi) is 5.33. The maximum atomic E-state index is 13.4. The lowest BCUT2D eigenvalue weighted by atomic mass is 9.98. The van der Waals surface area contributed by atoms with E-state index in [0.29, 0.717) is 5.69 Å². The minimum Gasteiger partial charge on any atom is -0.355 e. The van der Waals surface area contributed by atoms with Gasteiger partial charge < -0.3 is 15.5 Å². The second kappa shape index (κ2) is 8.16. The van der Waals surface area contributed by atoms with Gasteiger partial charge in [-0.05, 0) is 64.2 Å². The van der Waals surface area contributed by atoms with Gasteiger partial charge >= 0.3 is 0 Å². The first-order valence-electron chi connectivity index (χ1n) is 11.5. The van der Waals surface area contributed by atoms with E-state index in [1.807, 2.05) is 47.7 Å². The zero-order chi connectivity index (χ0) is 22.4. The van der Waals surface area contributed by atoms with E-state index in [2.05, 4.69) is 16.8 Å². The lowest BCUT2D eigenvalue weighted by molar-refractivity contribution is 0.0599. The SMILES string of the molecule is Cc1cc(C)nc(C(=O)N2CCCCC2c2cc3nc(N4CCC(N)C4)c(C)cn3n2)c1. The fourth-order valence-electron chi connectivity index (χ4n) is 5.06. The van der Waals surface area contributed by atoms with E-state index in [1.165, 1.54) is 0 Å². The Bertz CT molecular complexity index is 1150. The van der Waals surface area contributed by atoms with Crippen molar-refractivity contribution in [3.8, 4) is 0 Å². The maximum Gasteiger partial charge on any atom is 0.273 e. The highest BCUT2D eigenvalue weighted by molar-refractivity contribution is 5.93. The van der Waals surface area contributed by atoms with Gasteiger partial charge in [0.1, 0.15) is 11.5 Å². The van der Waals surface area contributed by atoms with Crippen LogP contribution >= 0.6 is 0 Å². The Morgan fingerprint density at radius 1 is 1.06 bits per heavy atom. The normalized spacial score (nSPS) is 21.5. The first kappa shape index (κ1) is 20.9. The molecule has 0 spiro atoms. The minimum absolute atomic E-state index is 0.0190. The van der Waals surface area contributed by atoms with Crippen molar-refractivity contribution in [3.63, 3.8) is 0 Å². The number of nitrogens with two attached hydrogens (primary N) is 1. The molecule has 3 aromatic heterocycles. The highest BCUT2D eigenvalue weighted by atomic mass is 16.2. The summed E-state index contributed by atoms with van der Waals surface area (Å²) < 4.78 is 1.84. The van der Waals surface area contributed by atoms with Gasteiger partial charge in [-0.15, -0.1) is 0 Å². The van der Waals surface area contributed by atoms with Crippen LogP contribution < -0.4 is 10.6 Å². The summed E-state index contributed by atoms with van der Waals surface area (Å²) in [5.74, 6) is 0.961. The molecule has 0 aromatic carbocycles. The molecule has 0 bridgehead atoms. The Morgan fingerprint density at radius 3 is 2.66 bits per heavy atom. The van der Waals surface area contributed by atoms with Crippen molar-refractivity contribution < 1.29 is 4.79 Å². The number of carbonyl (C=O) groups is 1. The number of pyridine rings is 1. The smallest absolute Gasteiger partial charge is 0.273 e. The van der Waals surface area contributed by atoms with E-state index in [0.717, 1.165) is 79.3 Å². The molecule has 2 unspecified atom stereocenters. The topological polar surface area (TPSA) is 92.7 Å². The van der Waals surface area contributed by atoms with Crippen LogP contribution in [0, 0.1) is 20.8 Å². The zero-order valence-corrected chi connectivity index (χ0v) is 19.1. The molecule has 3 aromatic rings. The summed E-state index contributed by atoms with van der Waals surface area (Å²) in [6, 6.07) is 6.04. The third kappa shape index (κ3) is 3.83. The summed E-state index contributed by atoms with van der Waals surface area (Å²) >= 11 is 0. The molecule has 2 saturated heterocycles. The number of piperidine rings is 1.